The standard InChI is InChI=1S/C30H26N2O4/c1-20-12-14-21(15-13-20)24-9-5-6-10-25(24)29(34)31-26-17-16-22(18-28(26)36-3)30(35)32(2)27-11-7-4-8-23(27)19-33/h4-7,9-18H,8H2,1-3H3,(H,31,34). The first kappa shape index (κ1) is 24.5. The first-order chi connectivity index (χ1) is 17.4. The van der Waals surface area contributed by atoms with Crippen LogP contribution in [0.5, 0.6) is 5.75 Å². The van der Waals surface area contributed by atoms with Gasteiger partial charge >= 0.3 is 0 Å². The number of nitrogens with one attached hydrogen (secondary N) is 1. The van der Waals surface area contributed by atoms with Crippen LogP contribution in [0.3, 0.4) is 0 Å². The maximum Gasteiger partial charge on any atom is 0.258 e. The average Bonchev–Trinajstić information content (AvgIpc) is 2.92. The molecule has 2 amide bonds. The van der Waals surface area contributed by atoms with Crippen LogP contribution in [-0.2, 0) is 4.79 Å². The van der Waals surface area contributed by atoms with E-state index in [1.807, 2.05) is 61.4 Å². The highest BCUT2D eigenvalue weighted by molar-refractivity contribution is 6.09. The van der Waals surface area contributed by atoms with Gasteiger partial charge in [0.25, 0.3) is 11.8 Å². The predicted molar refractivity (Wildman–Crippen MR) is 141 cm³/mol. The summed E-state index contributed by atoms with van der Waals surface area (Å²) in [7, 11) is 3.08. The molecule has 0 atom stereocenters. The number of likely N-dealkylation sites (N-methyl/N-ethyl adjacent to an activating group) is 1. The molecule has 6 heteroatoms. The number of nitrogens with zero attached hydrogens (tertiary/aromatic N) is 1. The van der Waals surface area contributed by atoms with E-state index < -0.39 is 0 Å². The summed E-state index contributed by atoms with van der Waals surface area (Å²) < 4.78 is 5.49. The van der Waals surface area contributed by atoms with Crippen molar-refractivity contribution in [1.29, 1.82) is 0 Å². The molecule has 6 nitrogen and oxygen atoms in total. The zero-order chi connectivity index (χ0) is 25.7. The summed E-state index contributed by atoms with van der Waals surface area (Å²) in [6, 6.07) is 20.2. The maximum atomic E-state index is 13.3. The molecule has 1 aliphatic rings. The Labute approximate surface area is 210 Å². The molecule has 0 aliphatic heterocycles. The summed E-state index contributed by atoms with van der Waals surface area (Å²) in [4.78, 5) is 39.1. The first-order valence-electron chi connectivity index (χ1n) is 11.5. The van der Waals surface area contributed by atoms with Crippen LogP contribution in [0, 0.1) is 6.92 Å². The SMILES string of the molecule is COc1cc(C(=O)N(C)C2=CC=CCC2=C=O)ccc1NC(=O)c1ccccc1-c1ccc(C)cc1. The van der Waals surface area contributed by atoms with Crippen LogP contribution < -0.4 is 10.1 Å². The Bertz CT molecular complexity index is 1430. The largest absolute Gasteiger partial charge is 0.495 e. The lowest BCUT2D eigenvalue weighted by Gasteiger charge is -2.23. The topological polar surface area (TPSA) is 75.7 Å². The Balaban J connectivity index is 1.59. The van der Waals surface area contributed by atoms with Crippen molar-refractivity contribution in [1.82, 2.24) is 4.90 Å². The number of anilines is 1. The third-order valence-electron chi connectivity index (χ3n) is 6.04. The highest BCUT2D eigenvalue weighted by Gasteiger charge is 2.22. The molecule has 0 radical (unpaired) electrons. The maximum absolute atomic E-state index is 13.3. The van der Waals surface area contributed by atoms with Gasteiger partial charge in [0.2, 0.25) is 0 Å². The van der Waals surface area contributed by atoms with Crippen LogP contribution in [0.15, 0.2) is 96.2 Å². The summed E-state index contributed by atoms with van der Waals surface area (Å²) in [5, 5.41) is 2.91. The summed E-state index contributed by atoms with van der Waals surface area (Å²) >= 11 is 0. The van der Waals surface area contributed by atoms with Gasteiger partial charge in [-0.25, -0.2) is 4.79 Å². The molecule has 180 valence electrons. The number of amides is 2. The average molecular weight is 479 g/mol. The van der Waals surface area contributed by atoms with Gasteiger partial charge in [-0.05, 0) is 48.4 Å². The van der Waals surface area contributed by atoms with E-state index >= 15 is 0 Å². The van der Waals surface area contributed by atoms with Gasteiger partial charge in [0.05, 0.1) is 24.1 Å². The fourth-order valence-electron chi connectivity index (χ4n) is 4.04. The van der Waals surface area contributed by atoms with Crippen LogP contribution in [0.25, 0.3) is 11.1 Å². The predicted octanol–water partition coefficient (Wildman–Crippen LogP) is 5.60. The van der Waals surface area contributed by atoms with E-state index in [0.29, 0.717) is 40.3 Å². The van der Waals surface area contributed by atoms with Gasteiger partial charge in [-0.1, -0.05) is 60.2 Å². The fraction of sp³-hybridized carbons (Fsp3) is 0.133. The summed E-state index contributed by atoms with van der Waals surface area (Å²) in [6.45, 7) is 2.02. The van der Waals surface area contributed by atoms with E-state index in [2.05, 4.69) is 5.32 Å². The van der Waals surface area contributed by atoms with Crippen LogP contribution in [0.4, 0.5) is 5.69 Å². The van der Waals surface area contributed by atoms with Gasteiger partial charge in [-0.2, -0.15) is 0 Å². The molecule has 0 saturated carbocycles. The van der Waals surface area contributed by atoms with E-state index in [1.54, 1.807) is 43.5 Å². The van der Waals surface area contributed by atoms with Crippen molar-refractivity contribution < 1.29 is 19.1 Å². The smallest absolute Gasteiger partial charge is 0.258 e. The molecular weight excluding hydrogens is 452 g/mol. The molecule has 0 spiro atoms. The van der Waals surface area contributed by atoms with Gasteiger partial charge in [0, 0.05) is 24.6 Å². The Morgan fingerprint density at radius 3 is 2.50 bits per heavy atom. The molecule has 1 N–H and O–H groups in total. The second-order valence-corrected chi connectivity index (χ2v) is 8.41. The molecule has 1 aliphatic carbocycles. The number of allylic oxidation sites excluding steroid dienone is 4. The van der Waals surface area contributed by atoms with Crippen molar-refractivity contribution in [3.63, 3.8) is 0 Å². The van der Waals surface area contributed by atoms with Crippen molar-refractivity contribution >= 4 is 23.4 Å². The van der Waals surface area contributed by atoms with Crippen LogP contribution in [0.1, 0.15) is 32.7 Å². The number of carbonyl (C=O) groups excluding carboxylic acids is 3. The number of rotatable bonds is 6. The molecule has 3 aromatic carbocycles. The second-order valence-electron chi connectivity index (χ2n) is 8.41. The zero-order valence-electron chi connectivity index (χ0n) is 20.4. The van der Waals surface area contributed by atoms with Crippen molar-refractivity contribution in [2.45, 2.75) is 13.3 Å². The Hall–Kier alpha value is -4.67. The van der Waals surface area contributed by atoms with E-state index in [-0.39, 0.29) is 11.8 Å². The quantitative estimate of drug-likeness (QED) is 0.468. The molecule has 36 heavy (non-hydrogen) atoms. The highest BCUT2D eigenvalue weighted by atomic mass is 16.5. The number of benzene rings is 3. The number of aryl methyl sites for hydroxylation is 1. The second kappa shape index (κ2) is 10.7. The minimum Gasteiger partial charge on any atom is -0.495 e. The van der Waals surface area contributed by atoms with Crippen molar-refractivity contribution in [2.75, 3.05) is 19.5 Å². The Kier molecular flexibility index (Phi) is 7.28. The van der Waals surface area contributed by atoms with E-state index in [9.17, 15) is 14.4 Å². The van der Waals surface area contributed by atoms with Gasteiger partial charge in [0.1, 0.15) is 11.7 Å². The van der Waals surface area contributed by atoms with Gasteiger partial charge in [-0.3, -0.25) is 9.59 Å². The van der Waals surface area contributed by atoms with Gasteiger partial charge < -0.3 is 15.0 Å². The minimum absolute atomic E-state index is 0.291. The van der Waals surface area contributed by atoms with Crippen molar-refractivity contribution in [2.24, 2.45) is 0 Å². The molecule has 3 aromatic rings. The lowest BCUT2D eigenvalue weighted by atomic mass is 9.98. The third kappa shape index (κ3) is 5.04. The van der Waals surface area contributed by atoms with Gasteiger partial charge in [0.15, 0.2) is 0 Å². The van der Waals surface area contributed by atoms with Gasteiger partial charge in [-0.15, -0.1) is 0 Å². The zero-order valence-corrected chi connectivity index (χ0v) is 20.4. The van der Waals surface area contributed by atoms with Crippen LogP contribution in [0.2, 0.25) is 0 Å². The molecule has 0 saturated heterocycles. The van der Waals surface area contributed by atoms with Crippen LogP contribution in [-0.4, -0.2) is 36.8 Å². The van der Waals surface area contributed by atoms with E-state index in [4.69, 9.17) is 4.74 Å². The molecule has 0 unspecified atom stereocenters. The monoisotopic (exact) mass is 478 g/mol. The number of hydrogen-bond donors (Lipinski definition) is 1. The summed E-state index contributed by atoms with van der Waals surface area (Å²) in [6.07, 6.45) is 5.76. The lowest BCUT2D eigenvalue weighted by Crippen LogP contribution is -2.27. The van der Waals surface area contributed by atoms with E-state index in [0.717, 1.165) is 16.7 Å². The highest BCUT2D eigenvalue weighted by Crippen LogP contribution is 2.30. The Morgan fingerprint density at radius 1 is 1.03 bits per heavy atom. The number of ether oxygens (including phenoxy) is 1. The summed E-state index contributed by atoms with van der Waals surface area (Å²) in [5.74, 6) is 1.65. The minimum atomic E-state index is -0.315. The molecule has 0 aromatic heterocycles. The first-order valence-corrected chi connectivity index (χ1v) is 11.5. The van der Waals surface area contributed by atoms with Crippen LogP contribution >= 0.6 is 0 Å². The lowest BCUT2D eigenvalue weighted by molar-refractivity contribution is 0.0838. The summed E-state index contributed by atoms with van der Waals surface area (Å²) in [5.41, 5.74) is 5.13. The van der Waals surface area contributed by atoms with Crippen molar-refractivity contribution in [3.8, 4) is 16.9 Å². The fourth-order valence-corrected chi connectivity index (χ4v) is 4.04. The molecule has 0 fully saturated rings. The van der Waals surface area contributed by atoms with E-state index in [1.165, 1.54) is 12.0 Å². The number of methoxy groups -OCH3 is 1. The molecular formula is C30H26N2O4. The molecule has 0 bridgehead atoms. The Morgan fingerprint density at radius 2 is 1.78 bits per heavy atom. The number of carbonyl (C=O) groups is 2. The molecule has 0 heterocycles. The number of hydrogen-bond acceptors (Lipinski definition) is 4. The molecule has 4 rings (SSSR count). The van der Waals surface area contributed by atoms with Crippen molar-refractivity contribution in [3.05, 3.63) is 113 Å². The normalized spacial score (nSPS) is 12.4. The third-order valence-corrected chi connectivity index (χ3v) is 6.04.